The van der Waals surface area contributed by atoms with Crippen LogP contribution in [0.3, 0.4) is 0 Å². The summed E-state index contributed by atoms with van der Waals surface area (Å²) in [5.41, 5.74) is 0.796. The summed E-state index contributed by atoms with van der Waals surface area (Å²) in [7, 11) is 0. The second-order valence-electron chi connectivity index (χ2n) is 3.58. The average Bonchev–Trinajstić information content (AvgIpc) is 2.94. The van der Waals surface area contributed by atoms with E-state index in [1.165, 1.54) is 0 Å². The van der Waals surface area contributed by atoms with Gasteiger partial charge in [0.2, 0.25) is 5.89 Å². The molecular formula is C11H10N4O2. The van der Waals surface area contributed by atoms with Crippen molar-refractivity contribution in [3.8, 4) is 0 Å². The second kappa shape index (κ2) is 3.89. The van der Waals surface area contributed by atoms with E-state index in [-0.39, 0.29) is 0 Å². The summed E-state index contributed by atoms with van der Waals surface area (Å²) in [5.74, 6) is 1.90. The molecule has 0 saturated carbocycles. The lowest BCUT2D eigenvalue weighted by atomic mass is 10.3. The Morgan fingerprint density at radius 2 is 2.29 bits per heavy atom. The first-order valence-electron chi connectivity index (χ1n) is 5.18. The Hall–Kier alpha value is -2.37. The number of hydrogen-bond donors (Lipinski definition) is 1. The van der Waals surface area contributed by atoms with E-state index in [9.17, 15) is 0 Å². The highest BCUT2D eigenvalue weighted by Gasteiger charge is 2.06. The van der Waals surface area contributed by atoms with Crippen LogP contribution in [0.15, 0.2) is 33.5 Å². The Labute approximate surface area is 96.6 Å². The quantitative estimate of drug-likeness (QED) is 0.742. The van der Waals surface area contributed by atoms with Crippen LogP contribution >= 0.6 is 0 Å². The maximum absolute atomic E-state index is 5.28. The van der Waals surface area contributed by atoms with Gasteiger partial charge in [-0.15, -0.1) is 0 Å². The lowest BCUT2D eigenvalue weighted by Gasteiger charge is -2.02. The summed E-state index contributed by atoms with van der Waals surface area (Å²) in [6.45, 7) is 2.22. The molecule has 0 spiro atoms. The minimum atomic E-state index is 0.443. The minimum absolute atomic E-state index is 0.443. The van der Waals surface area contributed by atoms with Crippen LogP contribution in [0.4, 0.5) is 5.82 Å². The standard InChI is InChI=1S/C11H10N4O2/c1-7-14-10(17-15-7)6-13-11-8-3-5-16-9(8)2-4-12-11/h2-5H,6H2,1H3,(H,12,13). The molecule has 17 heavy (non-hydrogen) atoms. The highest BCUT2D eigenvalue weighted by Crippen LogP contribution is 2.21. The van der Waals surface area contributed by atoms with Crippen LogP contribution in [-0.4, -0.2) is 15.1 Å². The Kier molecular flexibility index (Phi) is 2.25. The summed E-state index contributed by atoms with van der Waals surface area (Å²) in [5, 5.41) is 7.79. The molecule has 0 aliphatic carbocycles. The Morgan fingerprint density at radius 1 is 1.35 bits per heavy atom. The first kappa shape index (κ1) is 9.83. The predicted octanol–water partition coefficient (Wildman–Crippen LogP) is 2.13. The molecule has 0 bridgehead atoms. The first-order chi connectivity index (χ1) is 8.33. The zero-order valence-electron chi connectivity index (χ0n) is 9.17. The molecule has 6 heteroatoms. The number of anilines is 1. The normalized spacial score (nSPS) is 10.9. The van der Waals surface area contributed by atoms with Crippen molar-refractivity contribution >= 4 is 16.8 Å². The van der Waals surface area contributed by atoms with Gasteiger partial charge < -0.3 is 14.3 Å². The molecule has 3 aromatic rings. The number of furan rings is 1. The number of nitrogens with zero attached hydrogens (tertiary/aromatic N) is 3. The molecule has 3 rings (SSSR count). The molecule has 1 N–H and O–H groups in total. The third-order valence-corrected chi connectivity index (χ3v) is 2.36. The zero-order chi connectivity index (χ0) is 11.7. The molecule has 0 aliphatic rings. The summed E-state index contributed by atoms with van der Waals surface area (Å²) >= 11 is 0. The van der Waals surface area contributed by atoms with Crippen LogP contribution < -0.4 is 5.32 Å². The van der Waals surface area contributed by atoms with E-state index >= 15 is 0 Å². The van der Waals surface area contributed by atoms with Gasteiger partial charge in [-0.25, -0.2) is 4.98 Å². The topological polar surface area (TPSA) is 77.0 Å². The van der Waals surface area contributed by atoms with E-state index in [0.29, 0.717) is 18.3 Å². The second-order valence-corrected chi connectivity index (χ2v) is 3.58. The molecule has 0 aromatic carbocycles. The van der Waals surface area contributed by atoms with Crippen molar-refractivity contribution in [1.29, 1.82) is 0 Å². The van der Waals surface area contributed by atoms with Crippen molar-refractivity contribution < 1.29 is 8.94 Å². The van der Waals surface area contributed by atoms with Crippen molar-refractivity contribution in [3.05, 3.63) is 36.3 Å². The smallest absolute Gasteiger partial charge is 0.245 e. The van der Waals surface area contributed by atoms with Crippen molar-refractivity contribution in [1.82, 2.24) is 15.1 Å². The number of aromatic nitrogens is 3. The minimum Gasteiger partial charge on any atom is -0.464 e. The molecule has 6 nitrogen and oxygen atoms in total. The Morgan fingerprint density at radius 3 is 3.12 bits per heavy atom. The number of pyridine rings is 1. The van der Waals surface area contributed by atoms with Crippen LogP contribution in [0.2, 0.25) is 0 Å². The van der Waals surface area contributed by atoms with Gasteiger partial charge in [0.05, 0.1) is 18.2 Å². The molecule has 0 aliphatic heterocycles. The third-order valence-electron chi connectivity index (χ3n) is 2.36. The van der Waals surface area contributed by atoms with E-state index < -0.39 is 0 Å². The predicted molar refractivity (Wildman–Crippen MR) is 60.4 cm³/mol. The van der Waals surface area contributed by atoms with E-state index in [4.69, 9.17) is 8.94 Å². The highest BCUT2D eigenvalue weighted by molar-refractivity contribution is 5.87. The molecule has 0 amide bonds. The Bertz CT molecular complexity index is 644. The van der Waals surface area contributed by atoms with Crippen LogP contribution in [0.25, 0.3) is 11.0 Å². The summed E-state index contributed by atoms with van der Waals surface area (Å²) in [6, 6.07) is 3.68. The van der Waals surface area contributed by atoms with Gasteiger partial charge in [-0.3, -0.25) is 0 Å². The largest absolute Gasteiger partial charge is 0.464 e. The van der Waals surface area contributed by atoms with Gasteiger partial charge in [0.25, 0.3) is 0 Å². The fraction of sp³-hybridized carbons (Fsp3) is 0.182. The fourth-order valence-corrected chi connectivity index (χ4v) is 1.61. The Balaban J connectivity index is 1.83. The van der Waals surface area contributed by atoms with E-state index in [1.54, 1.807) is 19.4 Å². The van der Waals surface area contributed by atoms with Gasteiger partial charge in [0, 0.05) is 6.20 Å². The van der Waals surface area contributed by atoms with Gasteiger partial charge in [0.1, 0.15) is 11.4 Å². The summed E-state index contributed by atoms with van der Waals surface area (Å²) in [4.78, 5) is 8.34. The number of nitrogens with one attached hydrogen (secondary N) is 1. The molecule has 86 valence electrons. The third kappa shape index (κ3) is 1.84. The molecule has 0 fully saturated rings. The number of hydrogen-bond acceptors (Lipinski definition) is 6. The average molecular weight is 230 g/mol. The molecule has 0 radical (unpaired) electrons. The van der Waals surface area contributed by atoms with Crippen molar-refractivity contribution in [3.63, 3.8) is 0 Å². The number of fused-ring (bicyclic) bond motifs is 1. The lowest BCUT2D eigenvalue weighted by Crippen LogP contribution is -2.01. The van der Waals surface area contributed by atoms with Gasteiger partial charge in [-0.05, 0) is 19.1 Å². The summed E-state index contributed by atoms with van der Waals surface area (Å²) in [6.07, 6.45) is 3.32. The molecular weight excluding hydrogens is 220 g/mol. The molecule has 0 atom stereocenters. The van der Waals surface area contributed by atoms with Crippen LogP contribution in [-0.2, 0) is 6.54 Å². The van der Waals surface area contributed by atoms with Gasteiger partial charge >= 0.3 is 0 Å². The lowest BCUT2D eigenvalue weighted by molar-refractivity contribution is 0.379. The zero-order valence-corrected chi connectivity index (χ0v) is 9.17. The van der Waals surface area contributed by atoms with Crippen LogP contribution in [0, 0.1) is 6.92 Å². The van der Waals surface area contributed by atoms with Crippen LogP contribution in [0.5, 0.6) is 0 Å². The van der Waals surface area contributed by atoms with Crippen molar-refractivity contribution in [2.45, 2.75) is 13.5 Å². The fourth-order valence-electron chi connectivity index (χ4n) is 1.61. The van der Waals surface area contributed by atoms with Crippen molar-refractivity contribution in [2.24, 2.45) is 0 Å². The van der Waals surface area contributed by atoms with Crippen LogP contribution in [0.1, 0.15) is 11.7 Å². The van der Waals surface area contributed by atoms with E-state index in [2.05, 4.69) is 20.4 Å². The monoisotopic (exact) mass is 230 g/mol. The molecule has 3 aromatic heterocycles. The maximum atomic E-state index is 5.28. The maximum Gasteiger partial charge on any atom is 0.245 e. The molecule has 3 heterocycles. The number of aryl methyl sites for hydroxylation is 1. The van der Waals surface area contributed by atoms with Gasteiger partial charge in [-0.2, -0.15) is 4.98 Å². The van der Waals surface area contributed by atoms with E-state index in [1.807, 2.05) is 12.1 Å². The highest BCUT2D eigenvalue weighted by atomic mass is 16.5. The SMILES string of the molecule is Cc1noc(CNc2nccc3occc23)n1. The van der Waals surface area contributed by atoms with E-state index in [0.717, 1.165) is 16.8 Å². The summed E-state index contributed by atoms with van der Waals surface area (Å²) < 4.78 is 10.3. The van der Waals surface area contributed by atoms with Gasteiger partial charge in [0.15, 0.2) is 5.82 Å². The van der Waals surface area contributed by atoms with Gasteiger partial charge in [-0.1, -0.05) is 5.16 Å². The first-order valence-corrected chi connectivity index (χ1v) is 5.18. The molecule has 0 unspecified atom stereocenters. The van der Waals surface area contributed by atoms with Crippen molar-refractivity contribution in [2.75, 3.05) is 5.32 Å². The number of rotatable bonds is 3. The molecule has 0 saturated heterocycles.